The Morgan fingerprint density at radius 3 is 2.62 bits per heavy atom. The van der Waals surface area contributed by atoms with Crippen LogP contribution in [0.4, 0.5) is 5.69 Å². The predicted molar refractivity (Wildman–Crippen MR) is 98.2 cm³/mol. The maximum absolute atomic E-state index is 5.07. The number of nitrogens with zero attached hydrogens (tertiary/aromatic N) is 3. The van der Waals surface area contributed by atoms with Gasteiger partial charge in [0, 0.05) is 35.8 Å². The van der Waals surface area contributed by atoms with Crippen molar-refractivity contribution in [2.24, 2.45) is 4.99 Å². The molecule has 2 aromatic rings. The second kappa shape index (κ2) is 5.33. The molecule has 24 heavy (non-hydrogen) atoms. The monoisotopic (exact) mass is 320 g/mol. The number of benzene rings is 1. The van der Waals surface area contributed by atoms with E-state index < -0.39 is 0 Å². The Morgan fingerprint density at radius 2 is 1.88 bits per heavy atom. The number of anilines is 1. The van der Waals surface area contributed by atoms with Crippen LogP contribution in [0.5, 0.6) is 0 Å². The lowest BCUT2D eigenvalue weighted by atomic mass is 9.88. The zero-order chi connectivity index (χ0) is 16.8. The Balaban J connectivity index is 1.94. The molecule has 1 aromatic carbocycles. The Morgan fingerprint density at radius 1 is 1.12 bits per heavy atom. The van der Waals surface area contributed by atoms with Crippen molar-refractivity contribution in [2.75, 3.05) is 11.9 Å². The van der Waals surface area contributed by atoms with Crippen LogP contribution in [-0.4, -0.2) is 27.8 Å². The number of fused-ring (bicyclic) bond motifs is 3. The van der Waals surface area contributed by atoms with E-state index in [0.29, 0.717) is 0 Å². The highest BCUT2D eigenvalue weighted by atomic mass is 15.4. The molecule has 0 radical (unpaired) electrons. The summed E-state index contributed by atoms with van der Waals surface area (Å²) in [6.45, 7) is 7.57. The largest absolute Gasteiger partial charge is 0.358 e. The second-order valence-electron chi connectivity index (χ2n) is 7.35. The van der Waals surface area contributed by atoms with Gasteiger partial charge in [0.15, 0.2) is 0 Å². The average Bonchev–Trinajstić information content (AvgIpc) is 2.92. The molecule has 1 N–H and O–H groups in total. The van der Waals surface area contributed by atoms with E-state index >= 15 is 0 Å². The number of para-hydroxylation sites is 1. The zero-order valence-corrected chi connectivity index (χ0v) is 14.6. The number of hydrogen-bond donors (Lipinski definition) is 1. The zero-order valence-electron chi connectivity index (χ0n) is 14.6. The van der Waals surface area contributed by atoms with E-state index in [9.17, 15) is 0 Å². The van der Waals surface area contributed by atoms with Gasteiger partial charge in [0.25, 0.3) is 0 Å². The van der Waals surface area contributed by atoms with E-state index in [1.54, 1.807) is 0 Å². The van der Waals surface area contributed by atoms with Gasteiger partial charge in [-0.25, -0.2) is 0 Å². The molecule has 0 bridgehead atoms. The highest BCUT2D eigenvalue weighted by Gasteiger charge is 2.49. The minimum atomic E-state index is -0.265. The van der Waals surface area contributed by atoms with E-state index in [4.69, 9.17) is 4.99 Å². The fourth-order valence-corrected chi connectivity index (χ4v) is 4.00. The first-order valence-corrected chi connectivity index (χ1v) is 8.71. The van der Waals surface area contributed by atoms with E-state index in [-0.39, 0.29) is 11.2 Å². The molecule has 4 heteroatoms. The first-order valence-electron chi connectivity index (χ1n) is 8.71. The number of amidine groups is 1. The Labute approximate surface area is 143 Å². The van der Waals surface area contributed by atoms with Crippen LogP contribution in [0.15, 0.2) is 53.8 Å². The summed E-state index contributed by atoms with van der Waals surface area (Å²) in [5.41, 5.74) is 3.26. The SMILES string of the molecule is CCCC1(c2ccncc2)Nc2ccccc2C2=NC(C)(C)CN21. The summed E-state index contributed by atoms with van der Waals surface area (Å²) in [7, 11) is 0. The summed E-state index contributed by atoms with van der Waals surface area (Å²) in [6.07, 6.45) is 5.86. The molecule has 0 fully saturated rings. The van der Waals surface area contributed by atoms with Crippen LogP contribution >= 0.6 is 0 Å². The third-order valence-electron chi connectivity index (χ3n) is 4.95. The molecule has 2 aliphatic heterocycles. The number of aliphatic imine (C=N–C) groups is 1. The minimum absolute atomic E-state index is 0.0829. The number of nitrogens with one attached hydrogen (secondary N) is 1. The molecule has 0 saturated heterocycles. The lowest BCUT2D eigenvalue weighted by Crippen LogP contribution is -2.57. The van der Waals surface area contributed by atoms with Gasteiger partial charge in [0.05, 0.1) is 5.54 Å². The van der Waals surface area contributed by atoms with Crippen LogP contribution in [0, 0.1) is 0 Å². The third kappa shape index (κ3) is 2.20. The summed E-state index contributed by atoms with van der Waals surface area (Å²) in [5, 5.41) is 3.85. The number of aromatic nitrogens is 1. The maximum Gasteiger partial charge on any atom is 0.138 e. The highest BCUT2D eigenvalue weighted by molar-refractivity contribution is 6.07. The van der Waals surface area contributed by atoms with Crippen molar-refractivity contribution in [1.82, 2.24) is 9.88 Å². The third-order valence-corrected chi connectivity index (χ3v) is 4.95. The summed E-state index contributed by atoms with van der Waals surface area (Å²) in [5.74, 6) is 1.11. The number of pyridine rings is 1. The van der Waals surface area contributed by atoms with Gasteiger partial charge in [-0.2, -0.15) is 0 Å². The van der Waals surface area contributed by atoms with Crippen LogP contribution < -0.4 is 5.32 Å². The Kier molecular flexibility index (Phi) is 3.37. The van der Waals surface area contributed by atoms with Crippen LogP contribution in [0.1, 0.15) is 44.7 Å². The van der Waals surface area contributed by atoms with Crippen molar-refractivity contribution in [3.8, 4) is 0 Å². The lowest BCUT2D eigenvalue weighted by molar-refractivity contribution is 0.179. The van der Waals surface area contributed by atoms with Gasteiger partial charge in [0.1, 0.15) is 11.5 Å². The molecule has 4 nitrogen and oxygen atoms in total. The minimum Gasteiger partial charge on any atom is -0.358 e. The lowest BCUT2D eigenvalue weighted by Gasteiger charge is -2.49. The van der Waals surface area contributed by atoms with E-state index in [0.717, 1.165) is 30.9 Å². The molecule has 1 aromatic heterocycles. The van der Waals surface area contributed by atoms with Crippen molar-refractivity contribution >= 4 is 11.5 Å². The van der Waals surface area contributed by atoms with Crippen molar-refractivity contribution in [3.05, 3.63) is 59.9 Å². The summed E-state index contributed by atoms with van der Waals surface area (Å²) < 4.78 is 0. The van der Waals surface area contributed by atoms with E-state index in [1.165, 1.54) is 11.1 Å². The molecule has 2 aliphatic rings. The van der Waals surface area contributed by atoms with Crippen molar-refractivity contribution in [2.45, 2.75) is 44.8 Å². The first kappa shape index (κ1) is 15.2. The van der Waals surface area contributed by atoms with Gasteiger partial charge < -0.3 is 10.2 Å². The summed E-state index contributed by atoms with van der Waals surface area (Å²) >= 11 is 0. The summed E-state index contributed by atoms with van der Waals surface area (Å²) in [4.78, 5) is 11.8. The molecule has 0 amide bonds. The smallest absolute Gasteiger partial charge is 0.138 e. The molecular weight excluding hydrogens is 296 g/mol. The first-order chi connectivity index (χ1) is 11.6. The standard InChI is InChI=1S/C20H24N4/c1-4-11-20(15-9-12-21-13-10-15)22-17-8-6-5-7-16(17)18-23-19(2,3)14-24(18)20/h5-10,12-13,22H,4,11,14H2,1-3H3. The Hall–Kier alpha value is -2.36. The van der Waals surface area contributed by atoms with Gasteiger partial charge in [0.2, 0.25) is 0 Å². The van der Waals surface area contributed by atoms with Gasteiger partial charge >= 0.3 is 0 Å². The van der Waals surface area contributed by atoms with Gasteiger partial charge in [-0.3, -0.25) is 9.98 Å². The normalized spacial score (nSPS) is 24.0. The van der Waals surface area contributed by atoms with Gasteiger partial charge in [-0.05, 0) is 44.5 Å². The van der Waals surface area contributed by atoms with Crippen LogP contribution in [0.25, 0.3) is 0 Å². The van der Waals surface area contributed by atoms with Gasteiger partial charge in [-0.1, -0.05) is 25.5 Å². The number of hydrogen-bond acceptors (Lipinski definition) is 4. The highest BCUT2D eigenvalue weighted by Crippen LogP contribution is 2.44. The predicted octanol–water partition coefficient (Wildman–Crippen LogP) is 4.00. The Bertz CT molecular complexity index is 781. The van der Waals surface area contributed by atoms with Crippen molar-refractivity contribution in [3.63, 3.8) is 0 Å². The fourth-order valence-electron chi connectivity index (χ4n) is 4.00. The van der Waals surface area contributed by atoms with Crippen molar-refractivity contribution in [1.29, 1.82) is 0 Å². The molecular formula is C20H24N4. The van der Waals surface area contributed by atoms with Gasteiger partial charge in [-0.15, -0.1) is 0 Å². The quantitative estimate of drug-likeness (QED) is 0.929. The van der Waals surface area contributed by atoms with E-state index in [2.05, 4.69) is 72.4 Å². The number of rotatable bonds is 3. The van der Waals surface area contributed by atoms with E-state index in [1.807, 2.05) is 12.4 Å². The van der Waals surface area contributed by atoms with Crippen LogP contribution in [0.3, 0.4) is 0 Å². The molecule has 0 spiro atoms. The van der Waals surface area contributed by atoms with Crippen molar-refractivity contribution < 1.29 is 0 Å². The molecule has 4 rings (SSSR count). The van der Waals surface area contributed by atoms with Crippen LogP contribution in [0.2, 0.25) is 0 Å². The molecule has 1 unspecified atom stereocenters. The molecule has 124 valence electrons. The second-order valence-corrected chi connectivity index (χ2v) is 7.35. The molecule has 3 heterocycles. The molecule has 0 saturated carbocycles. The fraction of sp³-hybridized carbons (Fsp3) is 0.400. The maximum atomic E-state index is 5.07. The summed E-state index contributed by atoms with van der Waals surface area (Å²) in [6, 6.07) is 12.8. The van der Waals surface area contributed by atoms with Crippen LogP contribution in [-0.2, 0) is 5.66 Å². The molecule has 0 aliphatic carbocycles. The average molecular weight is 320 g/mol. The topological polar surface area (TPSA) is 40.5 Å². The molecule has 1 atom stereocenters.